The van der Waals surface area contributed by atoms with Crippen LogP contribution in [0.25, 0.3) is 0 Å². The summed E-state index contributed by atoms with van der Waals surface area (Å²) in [5.41, 5.74) is 8.82. The molecule has 1 heterocycles. The lowest BCUT2D eigenvalue weighted by Gasteiger charge is -2.53. The Kier molecular flexibility index (Phi) is 3.28. The summed E-state index contributed by atoms with van der Waals surface area (Å²) in [6, 6.07) is 8.81. The smallest absolute Gasteiger partial charge is 0.0590 e. The molecule has 1 saturated heterocycles. The molecule has 0 bridgehead atoms. The van der Waals surface area contributed by atoms with Crippen molar-refractivity contribution >= 4 is 0 Å². The summed E-state index contributed by atoms with van der Waals surface area (Å²) in [6.07, 6.45) is 1.03. The second-order valence-corrected chi connectivity index (χ2v) is 5.87. The van der Waals surface area contributed by atoms with Gasteiger partial charge in [-0.25, -0.2) is 0 Å². The lowest BCUT2D eigenvalue weighted by Crippen LogP contribution is -2.57. The van der Waals surface area contributed by atoms with Gasteiger partial charge in [-0.2, -0.15) is 0 Å². The second kappa shape index (κ2) is 4.43. The van der Waals surface area contributed by atoms with Crippen LogP contribution in [0.5, 0.6) is 0 Å². The minimum Gasteiger partial charge on any atom is -0.379 e. The molecule has 0 atom stereocenters. The first-order valence-corrected chi connectivity index (χ1v) is 6.37. The molecular weight excluding hydrogens is 210 g/mol. The Morgan fingerprint density at radius 2 is 2.06 bits per heavy atom. The minimum absolute atomic E-state index is 0.151. The van der Waals surface area contributed by atoms with Crippen molar-refractivity contribution in [2.24, 2.45) is 11.1 Å². The van der Waals surface area contributed by atoms with E-state index in [0.29, 0.717) is 0 Å². The SMILES string of the molecule is Cc1cccc(C2(C(C)(C)CCN)COC2)c1. The van der Waals surface area contributed by atoms with Gasteiger partial charge in [-0.05, 0) is 30.9 Å². The van der Waals surface area contributed by atoms with Crippen LogP contribution in [0.15, 0.2) is 24.3 Å². The molecule has 1 aliphatic rings. The second-order valence-electron chi connectivity index (χ2n) is 5.87. The third-order valence-electron chi connectivity index (χ3n) is 4.33. The molecule has 0 radical (unpaired) electrons. The van der Waals surface area contributed by atoms with Gasteiger partial charge in [0.1, 0.15) is 0 Å². The van der Waals surface area contributed by atoms with Gasteiger partial charge in [-0.15, -0.1) is 0 Å². The van der Waals surface area contributed by atoms with Gasteiger partial charge < -0.3 is 10.5 Å². The average Bonchev–Trinajstić information content (AvgIpc) is 2.14. The van der Waals surface area contributed by atoms with Crippen molar-refractivity contribution < 1.29 is 4.74 Å². The van der Waals surface area contributed by atoms with E-state index in [1.807, 2.05) is 0 Å². The maximum atomic E-state index is 5.76. The monoisotopic (exact) mass is 233 g/mol. The van der Waals surface area contributed by atoms with Crippen LogP contribution < -0.4 is 5.73 Å². The van der Waals surface area contributed by atoms with Crippen LogP contribution in [0.1, 0.15) is 31.4 Å². The number of hydrogen-bond donors (Lipinski definition) is 1. The van der Waals surface area contributed by atoms with Gasteiger partial charge in [0.05, 0.1) is 13.2 Å². The van der Waals surface area contributed by atoms with Crippen molar-refractivity contribution in [2.75, 3.05) is 19.8 Å². The van der Waals surface area contributed by atoms with Crippen molar-refractivity contribution in [3.05, 3.63) is 35.4 Å². The molecule has 0 saturated carbocycles. The fourth-order valence-corrected chi connectivity index (χ4v) is 2.80. The predicted octanol–water partition coefficient (Wildman–Crippen LogP) is 2.64. The Morgan fingerprint density at radius 3 is 2.53 bits per heavy atom. The molecule has 0 spiro atoms. The van der Waals surface area contributed by atoms with Crippen LogP contribution in [-0.4, -0.2) is 19.8 Å². The summed E-state index contributed by atoms with van der Waals surface area (Å²) >= 11 is 0. The predicted molar refractivity (Wildman–Crippen MR) is 71.1 cm³/mol. The van der Waals surface area contributed by atoms with Gasteiger partial charge in [0.2, 0.25) is 0 Å². The molecule has 0 unspecified atom stereocenters. The van der Waals surface area contributed by atoms with E-state index in [-0.39, 0.29) is 10.8 Å². The van der Waals surface area contributed by atoms with E-state index in [9.17, 15) is 0 Å². The van der Waals surface area contributed by atoms with E-state index >= 15 is 0 Å². The quantitative estimate of drug-likeness (QED) is 0.867. The Balaban J connectivity index is 2.38. The van der Waals surface area contributed by atoms with E-state index in [4.69, 9.17) is 10.5 Å². The molecule has 0 aromatic heterocycles. The summed E-state index contributed by atoms with van der Waals surface area (Å²) in [6.45, 7) is 9.15. The summed E-state index contributed by atoms with van der Waals surface area (Å²) in [5, 5.41) is 0. The highest BCUT2D eigenvalue weighted by Crippen LogP contribution is 2.49. The number of ether oxygens (including phenoxy) is 1. The maximum Gasteiger partial charge on any atom is 0.0590 e. The molecule has 1 aliphatic heterocycles. The molecule has 0 aliphatic carbocycles. The summed E-state index contributed by atoms with van der Waals surface area (Å²) < 4.78 is 5.52. The molecule has 2 N–H and O–H groups in total. The molecule has 1 fully saturated rings. The van der Waals surface area contributed by atoms with Gasteiger partial charge in [-0.3, -0.25) is 0 Å². The number of hydrogen-bond acceptors (Lipinski definition) is 2. The van der Waals surface area contributed by atoms with Crippen molar-refractivity contribution in [1.82, 2.24) is 0 Å². The van der Waals surface area contributed by atoms with Gasteiger partial charge >= 0.3 is 0 Å². The normalized spacial score (nSPS) is 18.8. The van der Waals surface area contributed by atoms with Crippen molar-refractivity contribution in [3.63, 3.8) is 0 Å². The minimum atomic E-state index is 0.151. The summed E-state index contributed by atoms with van der Waals surface area (Å²) in [7, 11) is 0. The third kappa shape index (κ3) is 2.00. The number of aryl methyl sites for hydroxylation is 1. The van der Waals surface area contributed by atoms with Crippen LogP contribution in [0.2, 0.25) is 0 Å². The molecule has 2 nitrogen and oxygen atoms in total. The van der Waals surface area contributed by atoms with Crippen LogP contribution in [0.3, 0.4) is 0 Å². The highest BCUT2D eigenvalue weighted by atomic mass is 16.5. The molecule has 0 amide bonds. The van der Waals surface area contributed by atoms with Crippen molar-refractivity contribution in [1.29, 1.82) is 0 Å². The Hall–Kier alpha value is -0.860. The molecule has 17 heavy (non-hydrogen) atoms. The zero-order chi connectivity index (χ0) is 12.5. The highest BCUT2D eigenvalue weighted by molar-refractivity contribution is 5.34. The number of benzene rings is 1. The fourth-order valence-electron chi connectivity index (χ4n) is 2.80. The van der Waals surface area contributed by atoms with E-state index in [1.165, 1.54) is 11.1 Å². The summed E-state index contributed by atoms with van der Waals surface area (Å²) in [4.78, 5) is 0. The van der Waals surface area contributed by atoms with Gasteiger partial charge in [0.15, 0.2) is 0 Å². The third-order valence-corrected chi connectivity index (χ3v) is 4.33. The average molecular weight is 233 g/mol. The van der Waals surface area contributed by atoms with E-state index < -0.39 is 0 Å². The molecule has 2 rings (SSSR count). The molecule has 1 aromatic rings. The van der Waals surface area contributed by atoms with E-state index in [1.54, 1.807) is 0 Å². The van der Waals surface area contributed by atoms with Gasteiger partial charge in [-0.1, -0.05) is 43.7 Å². The molecule has 1 aromatic carbocycles. The zero-order valence-corrected chi connectivity index (χ0v) is 11.1. The van der Waals surface area contributed by atoms with Crippen LogP contribution >= 0.6 is 0 Å². The zero-order valence-electron chi connectivity index (χ0n) is 11.1. The number of rotatable bonds is 4. The van der Waals surface area contributed by atoms with E-state index in [2.05, 4.69) is 45.0 Å². The molecular formula is C15H23NO. The highest BCUT2D eigenvalue weighted by Gasteiger charge is 2.51. The Labute approximate surface area is 104 Å². The van der Waals surface area contributed by atoms with Gasteiger partial charge in [0, 0.05) is 5.41 Å². The van der Waals surface area contributed by atoms with Crippen molar-refractivity contribution in [2.45, 2.75) is 32.6 Å². The van der Waals surface area contributed by atoms with Crippen molar-refractivity contribution in [3.8, 4) is 0 Å². The first-order chi connectivity index (χ1) is 8.02. The fraction of sp³-hybridized carbons (Fsp3) is 0.600. The molecule has 2 heteroatoms. The Bertz CT molecular complexity index is 394. The largest absolute Gasteiger partial charge is 0.379 e. The van der Waals surface area contributed by atoms with Crippen LogP contribution in [0, 0.1) is 12.3 Å². The first kappa shape index (κ1) is 12.6. The van der Waals surface area contributed by atoms with Crippen LogP contribution in [-0.2, 0) is 10.2 Å². The molecule has 94 valence electrons. The Morgan fingerprint density at radius 1 is 1.35 bits per heavy atom. The topological polar surface area (TPSA) is 35.2 Å². The van der Waals surface area contributed by atoms with Crippen LogP contribution in [0.4, 0.5) is 0 Å². The number of nitrogens with two attached hydrogens (primary N) is 1. The van der Waals surface area contributed by atoms with E-state index in [0.717, 1.165) is 26.2 Å². The lowest BCUT2D eigenvalue weighted by atomic mass is 9.59. The first-order valence-electron chi connectivity index (χ1n) is 6.37. The van der Waals surface area contributed by atoms with Gasteiger partial charge in [0.25, 0.3) is 0 Å². The lowest BCUT2D eigenvalue weighted by molar-refractivity contribution is -0.121. The standard InChI is InChI=1S/C15H23NO/c1-12-5-4-6-13(9-12)15(10-17-11-15)14(2,3)7-8-16/h4-6,9H,7-8,10-11,16H2,1-3H3. The summed E-state index contributed by atoms with van der Waals surface area (Å²) in [5.74, 6) is 0. The maximum absolute atomic E-state index is 5.76.